The number of nitrogens with one attached hydrogen (secondary N) is 1. The molecule has 5 heteroatoms. The highest BCUT2D eigenvalue weighted by atomic mass is 16.7. The molecule has 2 N–H and O–H groups in total. The van der Waals surface area contributed by atoms with Crippen molar-refractivity contribution in [1.29, 1.82) is 0 Å². The third kappa shape index (κ3) is 4.07. The summed E-state index contributed by atoms with van der Waals surface area (Å²) in [5.41, 5.74) is 1.10. The monoisotopic (exact) mass is 363 g/mol. The highest BCUT2D eigenvalue weighted by Gasteiger charge is 2.26. The molecule has 1 saturated carbocycles. The smallest absolute Gasteiger partial charge is 0.255 e. The largest absolute Gasteiger partial charge is 0.454 e. The number of amides is 1. The zero-order chi connectivity index (χ0) is 18.7. The van der Waals surface area contributed by atoms with E-state index in [1.54, 1.807) is 42.5 Å². The molecule has 0 saturated heterocycles. The molecule has 0 bridgehead atoms. The van der Waals surface area contributed by atoms with Crippen molar-refractivity contribution in [3.05, 3.63) is 53.6 Å². The van der Waals surface area contributed by atoms with Gasteiger partial charge in [-0.05, 0) is 62.1 Å². The maximum absolute atomic E-state index is 12.4. The summed E-state index contributed by atoms with van der Waals surface area (Å²) in [5, 5.41) is 13.3. The number of anilines is 1. The minimum Gasteiger partial charge on any atom is -0.454 e. The molecule has 0 unspecified atom stereocenters. The van der Waals surface area contributed by atoms with Crippen molar-refractivity contribution in [2.75, 3.05) is 12.1 Å². The summed E-state index contributed by atoms with van der Waals surface area (Å²) >= 11 is 0. The van der Waals surface area contributed by atoms with Crippen LogP contribution in [0.3, 0.4) is 0 Å². The van der Waals surface area contributed by atoms with Crippen LogP contribution in [0.4, 0.5) is 5.69 Å². The molecule has 138 valence electrons. The molecule has 2 aromatic carbocycles. The molecule has 27 heavy (non-hydrogen) atoms. The van der Waals surface area contributed by atoms with Crippen LogP contribution in [-0.2, 0) is 0 Å². The van der Waals surface area contributed by atoms with Gasteiger partial charge in [0.25, 0.3) is 5.91 Å². The summed E-state index contributed by atoms with van der Waals surface area (Å²) in [5.74, 6) is 7.13. The standard InChI is InChI=1S/C22H21NO4/c24-21(23-18-8-9-19-20(14-18)27-15-26-19)17-6-4-16(5-7-17)10-13-22(25)11-2-1-3-12-22/h4-9,14,25H,1-3,11-12,15H2,(H,23,24). The van der Waals surface area contributed by atoms with Gasteiger partial charge in [-0.15, -0.1) is 0 Å². The predicted molar refractivity (Wildman–Crippen MR) is 102 cm³/mol. The first-order chi connectivity index (χ1) is 13.1. The van der Waals surface area contributed by atoms with E-state index in [-0.39, 0.29) is 12.7 Å². The Kier molecular flexibility index (Phi) is 4.74. The molecule has 0 aromatic heterocycles. The van der Waals surface area contributed by atoms with Gasteiger partial charge in [-0.3, -0.25) is 4.79 Å². The van der Waals surface area contributed by atoms with Crippen LogP contribution in [0.2, 0.25) is 0 Å². The number of fused-ring (bicyclic) bond motifs is 1. The Morgan fingerprint density at radius 2 is 1.74 bits per heavy atom. The molecule has 0 atom stereocenters. The highest BCUT2D eigenvalue weighted by Crippen LogP contribution is 2.34. The summed E-state index contributed by atoms with van der Waals surface area (Å²) in [6, 6.07) is 12.4. The second-order valence-electron chi connectivity index (χ2n) is 6.94. The summed E-state index contributed by atoms with van der Waals surface area (Å²) in [7, 11) is 0. The zero-order valence-corrected chi connectivity index (χ0v) is 15.0. The lowest BCUT2D eigenvalue weighted by molar-refractivity contribution is 0.0610. The first-order valence-electron chi connectivity index (χ1n) is 9.18. The van der Waals surface area contributed by atoms with E-state index in [2.05, 4.69) is 17.2 Å². The van der Waals surface area contributed by atoms with E-state index in [0.717, 1.165) is 37.7 Å². The van der Waals surface area contributed by atoms with Crippen molar-refractivity contribution in [3.8, 4) is 23.3 Å². The fourth-order valence-corrected chi connectivity index (χ4v) is 3.33. The molecule has 2 aliphatic rings. The van der Waals surface area contributed by atoms with Gasteiger partial charge in [0.15, 0.2) is 11.5 Å². The molecule has 1 fully saturated rings. The van der Waals surface area contributed by atoms with Crippen LogP contribution in [0.1, 0.15) is 48.0 Å². The number of carbonyl (C=O) groups excluding carboxylic acids is 1. The molecule has 1 aliphatic carbocycles. The fraction of sp³-hybridized carbons (Fsp3) is 0.318. The quantitative estimate of drug-likeness (QED) is 0.798. The number of carbonyl (C=O) groups is 1. The molecule has 1 aliphatic heterocycles. The fourth-order valence-electron chi connectivity index (χ4n) is 3.33. The van der Waals surface area contributed by atoms with Crippen LogP contribution < -0.4 is 14.8 Å². The van der Waals surface area contributed by atoms with Crippen molar-refractivity contribution in [1.82, 2.24) is 0 Å². The predicted octanol–water partition coefficient (Wildman–Crippen LogP) is 3.71. The minimum atomic E-state index is -0.867. The Morgan fingerprint density at radius 1 is 1.00 bits per heavy atom. The second kappa shape index (κ2) is 7.34. The lowest BCUT2D eigenvalue weighted by atomic mass is 9.85. The van der Waals surface area contributed by atoms with Gasteiger partial charge in [-0.2, -0.15) is 0 Å². The molecular formula is C22H21NO4. The number of rotatable bonds is 2. The minimum absolute atomic E-state index is 0.199. The normalized spacial score (nSPS) is 16.9. The van der Waals surface area contributed by atoms with E-state index < -0.39 is 5.60 Å². The van der Waals surface area contributed by atoms with Crippen LogP contribution in [0, 0.1) is 11.8 Å². The number of hydrogen-bond acceptors (Lipinski definition) is 4. The van der Waals surface area contributed by atoms with Crippen LogP contribution in [-0.4, -0.2) is 23.4 Å². The number of aliphatic hydroxyl groups is 1. The summed E-state index contributed by atoms with van der Waals surface area (Å²) in [6.45, 7) is 0.199. The van der Waals surface area contributed by atoms with Crippen molar-refractivity contribution in [2.45, 2.75) is 37.7 Å². The first kappa shape index (κ1) is 17.4. The van der Waals surface area contributed by atoms with Crippen LogP contribution in [0.15, 0.2) is 42.5 Å². The van der Waals surface area contributed by atoms with Gasteiger partial charge < -0.3 is 19.9 Å². The SMILES string of the molecule is O=C(Nc1ccc2c(c1)OCO2)c1ccc(C#CC2(O)CCCCC2)cc1. The second-order valence-corrected chi connectivity index (χ2v) is 6.94. The number of benzene rings is 2. The molecular weight excluding hydrogens is 342 g/mol. The van der Waals surface area contributed by atoms with Crippen molar-refractivity contribution in [2.24, 2.45) is 0 Å². The van der Waals surface area contributed by atoms with Gasteiger partial charge in [0.05, 0.1) is 0 Å². The van der Waals surface area contributed by atoms with Gasteiger partial charge in [0.1, 0.15) is 5.60 Å². The molecule has 1 amide bonds. The Labute approximate surface area is 158 Å². The lowest BCUT2D eigenvalue weighted by Gasteiger charge is -2.26. The van der Waals surface area contributed by atoms with Gasteiger partial charge in [-0.25, -0.2) is 0 Å². The van der Waals surface area contributed by atoms with Gasteiger partial charge >= 0.3 is 0 Å². The zero-order valence-electron chi connectivity index (χ0n) is 15.0. The van der Waals surface area contributed by atoms with E-state index in [4.69, 9.17) is 9.47 Å². The van der Waals surface area contributed by atoms with Crippen molar-refractivity contribution in [3.63, 3.8) is 0 Å². The number of hydrogen-bond donors (Lipinski definition) is 2. The lowest BCUT2D eigenvalue weighted by Crippen LogP contribution is -2.29. The van der Waals surface area contributed by atoms with Gasteiger partial charge in [0, 0.05) is 22.9 Å². The van der Waals surface area contributed by atoms with Crippen molar-refractivity contribution >= 4 is 11.6 Å². The van der Waals surface area contributed by atoms with E-state index in [1.165, 1.54) is 0 Å². The molecule has 0 spiro atoms. The maximum Gasteiger partial charge on any atom is 0.255 e. The third-order valence-corrected chi connectivity index (χ3v) is 4.90. The van der Waals surface area contributed by atoms with E-state index in [0.29, 0.717) is 22.7 Å². The summed E-state index contributed by atoms with van der Waals surface area (Å²) in [6.07, 6.45) is 4.66. The molecule has 2 aromatic rings. The maximum atomic E-state index is 12.4. The Hall–Kier alpha value is -2.97. The Balaban J connectivity index is 1.42. The van der Waals surface area contributed by atoms with Crippen LogP contribution in [0.5, 0.6) is 11.5 Å². The van der Waals surface area contributed by atoms with Crippen molar-refractivity contribution < 1.29 is 19.4 Å². The van der Waals surface area contributed by atoms with Crippen LogP contribution >= 0.6 is 0 Å². The topological polar surface area (TPSA) is 67.8 Å². The molecule has 1 heterocycles. The van der Waals surface area contributed by atoms with Gasteiger partial charge in [-0.1, -0.05) is 18.3 Å². The average molecular weight is 363 g/mol. The summed E-state index contributed by atoms with van der Waals surface area (Å²) in [4.78, 5) is 12.4. The highest BCUT2D eigenvalue weighted by molar-refractivity contribution is 6.04. The third-order valence-electron chi connectivity index (χ3n) is 4.90. The molecule has 5 nitrogen and oxygen atoms in total. The Morgan fingerprint density at radius 3 is 2.52 bits per heavy atom. The Bertz CT molecular complexity index is 902. The molecule has 4 rings (SSSR count). The number of ether oxygens (including phenoxy) is 2. The average Bonchev–Trinajstić information content (AvgIpc) is 3.15. The summed E-state index contributed by atoms with van der Waals surface area (Å²) < 4.78 is 10.6. The van der Waals surface area contributed by atoms with E-state index in [1.807, 2.05) is 0 Å². The van der Waals surface area contributed by atoms with Gasteiger partial charge in [0.2, 0.25) is 6.79 Å². The van der Waals surface area contributed by atoms with E-state index >= 15 is 0 Å². The van der Waals surface area contributed by atoms with Crippen LogP contribution in [0.25, 0.3) is 0 Å². The van der Waals surface area contributed by atoms with E-state index in [9.17, 15) is 9.90 Å². The first-order valence-corrected chi connectivity index (χ1v) is 9.18. The molecule has 0 radical (unpaired) electrons.